The molecule has 1 fully saturated rings. The quantitative estimate of drug-likeness (QED) is 0.766. The molecule has 3 rings (SSSR count). The van der Waals surface area contributed by atoms with Crippen LogP contribution in [0.3, 0.4) is 0 Å². The van der Waals surface area contributed by atoms with Gasteiger partial charge in [0, 0.05) is 17.0 Å². The van der Waals surface area contributed by atoms with Gasteiger partial charge in [-0.05, 0) is 43.9 Å². The lowest BCUT2D eigenvalue weighted by atomic mass is 9.93. The van der Waals surface area contributed by atoms with Crippen molar-refractivity contribution in [2.75, 3.05) is 0 Å². The van der Waals surface area contributed by atoms with Crippen LogP contribution in [-0.4, -0.2) is 33.4 Å². The number of rotatable bonds is 2. The molecular formula is C14H17N3O2. The van der Waals surface area contributed by atoms with Gasteiger partial charge in [-0.1, -0.05) is 0 Å². The first-order chi connectivity index (χ1) is 9.22. The molecule has 1 heterocycles. The molecule has 5 nitrogen and oxygen atoms in total. The van der Waals surface area contributed by atoms with Gasteiger partial charge in [0.1, 0.15) is 0 Å². The number of carbonyl (C=O) groups excluding carboxylic acids is 1. The lowest BCUT2D eigenvalue weighted by Gasteiger charge is -2.26. The Bertz CT molecular complexity index is 585. The van der Waals surface area contributed by atoms with Crippen molar-refractivity contribution in [1.29, 1.82) is 0 Å². The van der Waals surface area contributed by atoms with Crippen LogP contribution in [-0.2, 0) is 0 Å². The van der Waals surface area contributed by atoms with E-state index in [4.69, 9.17) is 0 Å². The molecule has 0 saturated heterocycles. The van der Waals surface area contributed by atoms with E-state index in [1.165, 1.54) is 0 Å². The van der Waals surface area contributed by atoms with Crippen LogP contribution < -0.4 is 5.32 Å². The summed E-state index contributed by atoms with van der Waals surface area (Å²) in [5.41, 5.74) is 1.58. The number of aromatic amines is 1. The molecular weight excluding hydrogens is 242 g/mol. The summed E-state index contributed by atoms with van der Waals surface area (Å²) in [6, 6.07) is 5.68. The summed E-state index contributed by atoms with van der Waals surface area (Å²) in [4.78, 5) is 12.2. The summed E-state index contributed by atoms with van der Waals surface area (Å²) >= 11 is 0. The summed E-state index contributed by atoms with van der Waals surface area (Å²) < 4.78 is 0. The molecule has 0 bridgehead atoms. The molecule has 1 aromatic carbocycles. The molecule has 0 aliphatic heterocycles. The summed E-state index contributed by atoms with van der Waals surface area (Å²) in [7, 11) is 0. The van der Waals surface area contributed by atoms with Crippen LogP contribution in [0.15, 0.2) is 24.4 Å². The molecule has 2 aromatic rings. The maximum Gasteiger partial charge on any atom is 0.251 e. The number of nitrogens with one attached hydrogen (secondary N) is 2. The lowest BCUT2D eigenvalue weighted by Crippen LogP contribution is -2.38. The van der Waals surface area contributed by atoms with Gasteiger partial charge in [-0.2, -0.15) is 5.10 Å². The Morgan fingerprint density at radius 3 is 2.89 bits per heavy atom. The van der Waals surface area contributed by atoms with Gasteiger partial charge in [0.15, 0.2) is 0 Å². The van der Waals surface area contributed by atoms with Crippen molar-refractivity contribution < 1.29 is 9.90 Å². The molecule has 3 N–H and O–H groups in total. The fourth-order valence-corrected chi connectivity index (χ4v) is 2.57. The van der Waals surface area contributed by atoms with Gasteiger partial charge in [-0.3, -0.25) is 9.89 Å². The number of nitrogens with zero attached hydrogens (tertiary/aromatic N) is 1. The van der Waals surface area contributed by atoms with Crippen molar-refractivity contribution in [3.05, 3.63) is 30.0 Å². The first kappa shape index (κ1) is 12.2. The number of H-pyrrole nitrogens is 1. The molecule has 0 spiro atoms. The molecule has 0 radical (unpaired) electrons. The highest BCUT2D eigenvalue weighted by atomic mass is 16.3. The van der Waals surface area contributed by atoms with Gasteiger partial charge in [0.25, 0.3) is 5.91 Å². The Balaban J connectivity index is 1.69. The van der Waals surface area contributed by atoms with Crippen LogP contribution in [0, 0.1) is 0 Å². The summed E-state index contributed by atoms with van der Waals surface area (Å²) in [5, 5.41) is 20.2. The molecule has 1 aliphatic carbocycles. The Hall–Kier alpha value is -1.88. The highest BCUT2D eigenvalue weighted by molar-refractivity contribution is 5.97. The molecule has 5 heteroatoms. The molecule has 1 aliphatic rings. The van der Waals surface area contributed by atoms with Crippen LogP contribution in [0.1, 0.15) is 36.0 Å². The van der Waals surface area contributed by atoms with Crippen LogP contribution in [0.2, 0.25) is 0 Å². The van der Waals surface area contributed by atoms with Crippen molar-refractivity contribution in [2.45, 2.75) is 37.8 Å². The number of amides is 1. The van der Waals surface area contributed by atoms with E-state index in [1.807, 2.05) is 12.1 Å². The summed E-state index contributed by atoms with van der Waals surface area (Å²) in [5.74, 6) is -0.0514. The van der Waals surface area contributed by atoms with Gasteiger partial charge in [0.05, 0.1) is 17.8 Å². The Morgan fingerprint density at radius 2 is 2.11 bits per heavy atom. The average Bonchev–Trinajstić information content (AvgIpc) is 2.88. The minimum atomic E-state index is -0.199. The number of fused-ring (bicyclic) bond motifs is 1. The molecule has 0 unspecified atom stereocenters. The third kappa shape index (κ3) is 2.61. The Labute approximate surface area is 111 Å². The largest absolute Gasteiger partial charge is 0.393 e. The van der Waals surface area contributed by atoms with Gasteiger partial charge >= 0.3 is 0 Å². The molecule has 1 amide bonds. The van der Waals surface area contributed by atoms with Crippen molar-refractivity contribution >= 4 is 16.8 Å². The van der Waals surface area contributed by atoms with Crippen LogP contribution >= 0.6 is 0 Å². The van der Waals surface area contributed by atoms with E-state index < -0.39 is 0 Å². The Morgan fingerprint density at radius 1 is 1.32 bits per heavy atom. The SMILES string of the molecule is O=C(NC1CCC(O)CC1)c1ccc2[nH]ncc2c1. The van der Waals surface area contributed by atoms with E-state index in [2.05, 4.69) is 15.5 Å². The van der Waals surface area contributed by atoms with Crippen molar-refractivity contribution in [3.63, 3.8) is 0 Å². The van der Waals surface area contributed by atoms with E-state index in [1.54, 1.807) is 12.3 Å². The summed E-state index contributed by atoms with van der Waals surface area (Å²) in [6.45, 7) is 0. The zero-order valence-corrected chi connectivity index (χ0v) is 10.6. The zero-order valence-electron chi connectivity index (χ0n) is 10.6. The van der Waals surface area contributed by atoms with Gasteiger partial charge in [-0.15, -0.1) is 0 Å². The number of hydrogen-bond donors (Lipinski definition) is 3. The number of aliphatic hydroxyl groups is 1. The minimum Gasteiger partial charge on any atom is -0.393 e. The van der Waals surface area contributed by atoms with E-state index in [-0.39, 0.29) is 18.1 Å². The van der Waals surface area contributed by atoms with Gasteiger partial charge in [-0.25, -0.2) is 0 Å². The normalized spacial score (nSPS) is 23.4. The van der Waals surface area contributed by atoms with Crippen LogP contribution in [0.5, 0.6) is 0 Å². The lowest BCUT2D eigenvalue weighted by molar-refractivity contribution is 0.0868. The maximum absolute atomic E-state index is 12.2. The second kappa shape index (κ2) is 5.01. The molecule has 19 heavy (non-hydrogen) atoms. The number of carbonyl (C=O) groups is 1. The van der Waals surface area contributed by atoms with Crippen LogP contribution in [0.25, 0.3) is 10.9 Å². The number of aromatic nitrogens is 2. The van der Waals surface area contributed by atoms with Crippen molar-refractivity contribution in [2.24, 2.45) is 0 Å². The van der Waals surface area contributed by atoms with E-state index >= 15 is 0 Å². The standard InChI is InChI=1S/C14H17N3O2/c18-12-4-2-11(3-5-12)16-14(19)9-1-6-13-10(7-9)8-15-17-13/h1,6-8,11-12,18H,2-5H2,(H,15,17)(H,16,19). The highest BCUT2D eigenvalue weighted by Gasteiger charge is 2.21. The van der Waals surface area contributed by atoms with Crippen LogP contribution in [0.4, 0.5) is 0 Å². The second-order valence-electron chi connectivity index (χ2n) is 5.15. The van der Waals surface area contributed by atoms with Gasteiger partial charge < -0.3 is 10.4 Å². The molecule has 1 saturated carbocycles. The smallest absolute Gasteiger partial charge is 0.251 e. The fraction of sp³-hybridized carbons (Fsp3) is 0.429. The van der Waals surface area contributed by atoms with Crippen molar-refractivity contribution in [1.82, 2.24) is 15.5 Å². The third-order valence-corrected chi connectivity index (χ3v) is 3.73. The maximum atomic E-state index is 12.2. The average molecular weight is 259 g/mol. The van der Waals surface area contributed by atoms with Crippen molar-refractivity contribution in [3.8, 4) is 0 Å². The first-order valence-corrected chi connectivity index (χ1v) is 6.64. The van der Waals surface area contributed by atoms with Gasteiger partial charge in [0.2, 0.25) is 0 Å². The predicted octanol–water partition coefficient (Wildman–Crippen LogP) is 1.60. The predicted molar refractivity (Wildman–Crippen MR) is 71.8 cm³/mol. The Kier molecular flexibility index (Phi) is 3.21. The van der Waals surface area contributed by atoms with E-state index in [0.29, 0.717) is 5.56 Å². The minimum absolute atomic E-state index is 0.0514. The molecule has 1 aromatic heterocycles. The van der Waals surface area contributed by atoms with E-state index in [9.17, 15) is 9.90 Å². The molecule has 0 atom stereocenters. The highest BCUT2D eigenvalue weighted by Crippen LogP contribution is 2.19. The second-order valence-corrected chi connectivity index (χ2v) is 5.15. The topological polar surface area (TPSA) is 78.0 Å². The number of benzene rings is 1. The first-order valence-electron chi connectivity index (χ1n) is 6.64. The number of aliphatic hydroxyl groups excluding tert-OH is 1. The monoisotopic (exact) mass is 259 g/mol. The third-order valence-electron chi connectivity index (χ3n) is 3.73. The number of hydrogen-bond acceptors (Lipinski definition) is 3. The molecule has 100 valence electrons. The summed E-state index contributed by atoms with van der Waals surface area (Å²) in [6.07, 6.45) is 4.75. The fourth-order valence-electron chi connectivity index (χ4n) is 2.57. The zero-order chi connectivity index (χ0) is 13.2. The van der Waals surface area contributed by atoms with E-state index in [0.717, 1.165) is 36.6 Å².